The van der Waals surface area contributed by atoms with Gasteiger partial charge < -0.3 is 27.7 Å². The van der Waals surface area contributed by atoms with Crippen LogP contribution in [0, 0.1) is 27.7 Å². The Kier molecular flexibility index (Phi) is 296. The van der Waals surface area contributed by atoms with Crippen molar-refractivity contribution in [3.63, 3.8) is 0 Å². The van der Waals surface area contributed by atoms with Crippen LogP contribution >= 0.6 is 23.2 Å². The van der Waals surface area contributed by atoms with E-state index in [2.05, 4.69) is 27.7 Å². The van der Waals surface area contributed by atoms with Crippen LogP contribution in [0.4, 0.5) is 0 Å². The zero-order valence-electron chi connectivity index (χ0n) is 7.50. The molecule has 3 heteroatoms. The molecule has 0 aliphatic heterocycles. The SMILES string of the molecule is [CH2-]C.[CH2-]C.[CH2-]CCl.[CH2-]CCl.[Ti+4]. The van der Waals surface area contributed by atoms with E-state index in [9.17, 15) is 0 Å². The van der Waals surface area contributed by atoms with Crippen molar-refractivity contribution in [2.75, 3.05) is 11.8 Å². The van der Waals surface area contributed by atoms with Crippen molar-refractivity contribution in [2.45, 2.75) is 13.8 Å². The maximum Gasteiger partial charge on any atom is 4.00 e. The molecule has 0 aromatic heterocycles. The molecule has 0 aliphatic rings. The van der Waals surface area contributed by atoms with Crippen molar-refractivity contribution in [3.8, 4) is 0 Å². The molecule has 0 unspecified atom stereocenters. The Balaban J connectivity index is -0.0000000144. The van der Waals surface area contributed by atoms with Gasteiger partial charge in [0.1, 0.15) is 0 Å². The van der Waals surface area contributed by atoms with Gasteiger partial charge in [0.25, 0.3) is 0 Å². The first-order chi connectivity index (χ1) is 4.83. The largest absolute Gasteiger partial charge is 4.00 e. The van der Waals surface area contributed by atoms with Crippen LogP contribution in [-0.4, -0.2) is 11.8 Å². The first-order valence-electron chi connectivity index (χ1n) is 2.95. The molecule has 0 nitrogen and oxygen atoms in total. The molecule has 0 saturated carbocycles. The summed E-state index contributed by atoms with van der Waals surface area (Å²) in [6.07, 6.45) is 0. The number of alkyl halides is 2. The van der Waals surface area contributed by atoms with Gasteiger partial charge in [-0.2, -0.15) is 37.0 Å². The molecule has 0 aliphatic carbocycles. The molecule has 0 amide bonds. The molecule has 0 atom stereocenters. The first kappa shape index (κ1) is 29.5. The van der Waals surface area contributed by atoms with Gasteiger partial charge in [-0.25, -0.2) is 0 Å². The molecule has 0 N–H and O–H groups in total. The predicted molar refractivity (Wildman–Crippen MR) is 54.2 cm³/mol. The van der Waals surface area contributed by atoms with Crippen molar-refractivity contribution < 1.29 is 21.7 Å². The molecule has 0 radical (unpaired) electrons. The maximum atomic E-state index is 4.89. The molecule has 0 heterocycles. The van der Waals surface area contributed by atoms with Gasteiger partial charge in [-0.3, -0.25) is 0 Å². The Labute approximate surface area is 97.9 Å². The average Bonchev–Trinajstić information content (AvgIpc) is 1.99. The molecule has 11 heavy (non-hydrogen) atoms. The van der Waals surface area contributed by atoms with Crippen molar-refractivity contribution in [3.05, 3.63) is 27.7 Å². The Bertz CT molecular complexity index is 14.1. The van der Waals surface area contributed by atoms with Crippen molar-refractivity contribution in [1.82, 2.24) is 0 Å². The minimum atomic E-state index is 0. The zero-order valence-corrected chi connectivity index (χ0v) is 10.6. The van der Waals surface area contributed by atoms with Crippen LogP contribution < -0.4 is 0 Å². The van der Waals surface area contributed by atoms with Gasteiger partial charge in [0.15, 0.2) is 0 Å². The summed E-state index contributed by atoms with van der Waals surface area (Å²) in [5, 5.41) is 0. The number of rotatable bonds is 0. The van der Waals surface area contributed by atoms with Gasteiger partial charge in [0.2, 0.25) is 0 Å². The average molecular weight is 233 g/mol. The fraction of sp³-hybridized carbons (Fsp3) is 0.500. The van der Waals surface area contributed by atoms with E-state index in [1.807, 2.05) is 0 Å². The quantitative estimate of drug-likeness (QED) is 0.339. The van der Waals surface area contributed by atoms with Gasteiger partial charge in [0, 0.05) is 0 Å². The summed E-state index contributed by atoms with van der Waals surface area (Å²) in [6, 6.07) is 0. The fourth-order valence-corrected chi connectivity index (χ4v) is 0. The summed E-state index contributed by atoms with van der Waals surface area (Å²) in [5.41, 5.74) is 0. The Morgan fingerprint density at radius 2 is 0.818 bits per heavy atom. The second-order valence-corrected chi connectivity index (χ2v) is 1.13. The summed E-state index contributed by atoms with van der Waals surface area (Å²) in [6.45, 7) is 16.5. The van der Waals surface area contributed by atoms with Crippen LogP contribution in [0.25, 0.3) is 0 Å². The smallest absolute Gasteiger partial charge is 0.346 e. The molecule has 0 spiro atoms. The summed E-state index contributed by atoms with van der Waals surface area (Å²) in [7, 11) is 0. The molecule has 68 valence electrons. The van der Waals surface area contributed by atoms with Gasteiger partial charge in [-0.05, 0) is 0 Å². The minimum Gasteiger partial charge on any atom is -0.346 e. The van der Waals surface area contributed by atoms with E-state index in [1.165, 1.54) is 0 Å². The van der Waals surface area contributed by atoms with Gasteiger partial charge in [-0.15, -0.1) is 11.8 Å². The van der Waals surface area contributed by atoms with E-state index in [0.717, 1.165) is 0 Å². The van der Waals surface area contributed by atoms with E-state index in [1.54, 1.807) is 13.8 Å². The van der Waals surface area contributed by atoms with Gasteiger partial charge in [0.05, 0.1) is 0 Å². The molecule has 0 saturated heterocycles. The number of halogens is 2. The standard InChI is InChI=1S/2C2H4Cl.2C2H5.Ti/c2*1-2-3;2*1-2;/h2*1-2H2;2*1H2,2H3;/q4*-1;+4. The summed E-state index contributed by atoms with van der Waals surface area (Å²) in [4.78, 5) is 0. The summed E-state index contributed by atoms with van der Waals surface area (Å²) < 4.78 is 0. The monoisotopic (exact) mass is 232 g/mol. The van der Waals surface area contributed by atoms with Crippen LogP contribution in [0.1, 0.15) is 13.8 Å². The van der Waals surface area contributed by atoms with E-state index >= 15 is 0 Å². The van der Waals surface area contributed by atoms with E-state index in [-0.39, 0.29) is 21.7 Å². The molecule has 0 fully saturated rings. The minimum absolute atomic E-state index is 0. The second kappa shape index (κ2) is 110. The van der Waals surface area contributed by atoms with Crippen molar-refractivity contribution in [1.29, 1.82) is 0 Å². The predicted octanol–water partition coefficient (Wildman–Crippen LogP) is 3.80. The third-order valence-electron chi connectivity index (χ3n) is 0. The van der Waals surface area contributed by atoms with Crippen LogP contribution in [0.2, 0.25) is 0 Å². The number of hydrogen-bond donors (Lipinski definition) is 0. The van der Waals surface area contributed by atoms with Crippen molar-refractivity contribution in [2.24, 2.45) is 0 Å². The summed E-state index contributed by atoms with van der Waals surface area (Å²) >= 11 is 9.77. The third-order valence-corrected chi connectivity index (χ3v) is 0. The van der Waals surface area contributed by atoms with Gasteiger partial charge in [-0.1, -0.05) is 0 Å². The summed E-state index contributed by atoms with van der Waals surface area (Å²) in [5.74, 6) is 0.944. The molecular formula is C8H18Cl2Ti. The van der Waals surface area contributed by atoms with E-state index < -0.39 is 0 Å². The van der Waals surface area contributed by atoms with Gasteiger partial charge >= 0.3 is 21.7 Å². The van der Waals surface area contributed by atoms with E-state index in [4.69, 9.17) is 23.2 Å². The first-order valence-corrected chi connectivity index (χ1v) is 4.02. The van der Waals surface area contributed by atoms with Crippen LogP contribution in [0.3, 0.4) is 0 Å². The second-order valence-electron chi connectivity index (χ2n) is 0.378. The molecule has 0 aromatic rings. The fourth-order valence-electron chi connectivity index (χ4n) is 0. The third kappa shape index (κ3) is 582. The molecule has 0 bridgehead atoms. The molecular weight excluding hydrogens is 215 g/mol. The Morgan fingerprint density at radius 1 is 0.818 bits per heavy atom. The Hall–Kier alpha value is 1.29. The van der Waals surface area contributed by atoms with E-state index in [0.29, 0.717) is 11.8 Å². The topological polar surface area (TPSA) is 0 Å². The van der Waals surface area contributed by atoms with Crippen LogP contribution in [0.5, 0.6) is 0 Å². The van der Waals surface area contributed by atoms with Crippen LogP contribution in [0.15, 0.2) is 0 Å². The van der Waals surface area contributed by atoms with Crippen molar-refractivity contribution >= 4 is 23.2 Å². The Morgan fingerprint density at radius 3 is 0.818 bits per heavy atom. The van der Waals surface area contributed by atoms with Crippen LogP contribution in [-0.2, 0) is 21.7 Å². The molecule has 0 rings (SSSR count). The maximum absolute atomic E-state index is 4.89. The number of hydrogen-bond acceptors (Lipinski definition) is 0. The normalized spacial score (nSPS) is 4.36. The zero-order chi connectivity index (χ0) is 9.41. The molecule has 0 aromatic carbocycles.